The van der Waals surface area contributed by atoms with E-state index in [1.807, 2.05) is 0 Å². The van der Waals surface area contributed by atoms with Gasteiger partial charge in [-0.1, -0.05) is 69.2 Å². The van der Waals surface area contributed by atoms with Crippen molar-refractivity contribution in [1.82, 2.24) is 39.6 Å². The van der Waals surface area contributed by atoms with E-state index in [0.717, 1.165) is 45.1 Å². The second-order valence-electron chi connectivity index (χ2n) is 11.1. The summed E-state index contributed by atoms with van der Waals surface area (Å²) in [5, 5.41) is 20.0. The molecular weight excluding hydrogens is 388 g/mol. The Labute approximate surface area is 183 Å². The van der Waals surface area contributed by atoms with Gasteiger partial charge in [0.05, 0.1) is 11.4 Å². The Morgan fingerprint density at radius 1 is 0.774 bits per heavy atom. The van der Waals surface area contributed by atoms with Gasteiger partial charge in [0.25, 0.3) is 0 Å². The lowest BCUT2D eigenvalue weighted by molar-refractivity contribution is 0.551. The highest BCUT2D eigenvalue weighted by atomic mass is 15.5. The van der Waals surface area contributed by atoms with E-state index in [9.17, 15) is 0 Å². The van der Waals surface area contributed by atoms with Crippen LogP contribution in [0.3, 0.4) is 0 Å². The lowest BCUT2D eigenvalue weighted by Crippen LogP contribution is -2.22. The van der Waals surface area contributed by atoms with Crippen molar-refractivity contribution < 1.29 is 0 Å². The number of aromatic nitrogens is 8. The first-order valence-electron chi connectivity index (χ1n) is 11.1. The average Bonchev–Trinajstić information content (AvgIpc) is 3.33. The summed E-state index contributed by atoms with van der Waals surface area (Å²) in [7, 11) is 0. The van der Waals surface area contributed by atoms with Gasteiger partial charge in [0.2, 0.25) is 0 Å². The van der Waals surface area contributed by atoms with Crippen LogP contribution in [-0.4, -0.2) is 39.6 Å². The van der Waals surface area contributed by atoms with E-state index in [1.54, 1.807) is 9.26 Å². The van der Waals surface area contributed by atoms with E-state index >= 15 is 0 Å². The number of nitrogens with one attached hydrogen (secondary N) is 1. The topological polar surface area (TPSA) is 89.1 Å². The van der Waals surface area contributed by atoms with E-state index in [4.69, 9.17) is 15.2 Å². The van der Waals surface area contributed by atoms with Crippen molar-refractivity contribution in [3.05, 3.63) is 33.8 Å². The summed E-state index contributed by atoms with van der Waals surface area (Å²) in [6.45, 7) is 21.5. The fourth-order valence-electron chi connectivity index (χ4n) is 3.70. The third-order valence-corrected chi connectivity index (χ3v) is 5.42. The first kappa shape index (κ1) is 21.5. The van der Waals surface area contributed by atoms with Gasteiger partial charge in [-0.05, 0) is 6.08 Å². The van der Waals surface area contributed by atoms with Crippen molar-refractivity contribution in [3.63, 3.8) is 0 Å². The second kappa shape index (κ2) is 6.87. The maximum Gasteiger partial charge on any atom is 0.185 e. The molecule has 0 bridgehead atoms. The molecule has 8 heteroatoms. The summed E-state index contributed by atoms with van der Waals surface area (Å²) in [6, 6.07) is 0. The number of hydrogen-bond acceptors (Lipinski definition) is 5. The Bertz CT molecular complexity index is 1300. The molecule has 8 nitrogen and oxygen atoms in total. The number of nitrogens with zero attached hydrogens (tertiary/aromatic N) is 7. The molecule has 31 heavy (non-hydrogen) atoms. The molecule has 0 aliphatic carbocycles. The number of hydrogen-bond donors (Lipinski definition) is 1. The van der Waals surface area contributed by atoms with Crippen LogP contribution in [0.4, 0.5) is 0 Å². The highest BCUT2D eigenvalue weighted by Crippen LogP contribution is 2.29. The van der Waals surface area contributed by atoms with E-state index in [1.165, 1.54) is 0 Å². The summed E-state index contributed by atoms with van der Waals surface area (Å²) in [5.74, 6) is 2.25. The molecule has 0 aliphatic heterocycles. The predicted molar refractivity (Wildman–Crippen MR) is 122 cm³/mol. The first-order chi connectivity index (χ1) is 14.3. The van der Waals surface area contributed by atoms with Gasteiger partial charge in [0, 0.05) is 33.4 Å². The molecule has 0 aliphatic rings. The lowest BCUT2D eigenvalue weighted by Gasteiger charge is -2.17. The van der Waals surface area contributed by atoms with Crippen molar-refractivity contribution >= 4 is 17.4 Å². The number of rotatable bonds is 3. The molecule has 0 aromatic carbocycles. The van der Waals surface area contributed by atoms with Crippen molar-refractivity contribution in [2.75, 3.05) is 0 Å². The van der Waals surface area contributed by atoms with Crippen molar-refractivity contribution in [2.24, 2.45) is 0 Å². The van der Waals surface area contributed by atoms with E-state index < -0.39 is 0 Å². The number of H-pyrrole nitrogens is 1. The zero-order chi connectivity index (χ0) is 22.9. The second-order valence-corrected chi connectivity index (χ2v) is 11.1. The highest BCUT2D eigenvalue weighted by Gasteiger charge is 2.28. The fourth-order valence-corrected chi connectivity index (χ4v) is 3.70. The van der Waals surface area contributed by atoms with Crippen molar-refractivity contribution in [1.29, 1.82) is 0 Å². The molecule has 0 radical (unpaired) electrons. The van der Waals surface area contributed by atoms with Gasteiger partial charge in [0.15, 0.2) is 17.1 Å². The van der Waals surface area contributed by atoms with Crippen LogP contribution >= 0.6 is 0 Å². The summed E-state index contributed by atoms with van der Waals surface area (Å²) < 4.78 is 3.42. The molecular formula is C23H34N8. The summed E-state index contributed by atoms with van der Waals surface area (Å²) in [5.41, 5.74) is 4.38. The average molecular weight is 423 g/mol. The molecule has 0 saturated heterocycles. The van der Waals surface area contributed by atoms with Crippen LogP contribution in [0.2, 0.25) is 0 Å². The largest absolute Gasteiger partial charge is 0.325 e. The number of aromatic amines is 1. The molecule has 0 fully saturated rings. The van der Waals surface area contributed by atoms with Gasteiger partial charge < -0.3 is 4.98 Å². The van der Waals surface area contributed by atoms with E-state index in [0.29, 0.717) is 0 Å². The monoisotopic (exact) mass is 422 g/mol. The minimum atomic E-state index is -0.155. The van der Waals surface area contributed by atoms with Crippen molar-refractivity contribution in [2.45, 2.75) is 91.9 Å². The van der Waals surface area contributed by atoms with Crippen LogP contribution in [0, 0.1) is 0 Å². The third-order valence-electron chi connectivity index (χ3n) is 5.42. The van der Waals surface area contributed by atoms with Crippen LogP contribution in [-0.2, 0) is 10.8 Å². The summed E-state index contributed by atoms with van der Waals surface area (Å²) in [6.07, 6.45) is 2.17. The highest BCUT2D eigenvalue weighted by molar-refractivity contribution is 5.71. The van der Waals surface area contributed by atoms with Gasteiger partial charge in [-0.3, -0.25) is 0 Å². The molecule has 0 amide bonds. The molecule has 0 atom stereocenters. The van der Waals surface area contributed by atoms with E-state index in [-0.39, 0.29) is 22.7 Å². The molecule has 0 spiro atoms. The van der Waals surface area contributed by atoms with Gasteiger partial charge in [-0.2, -0.15) is 10.2 Å². The molecule has 0 saturated carbocycles. The van der Waals surface area contributed by atoms with Crippen LogP contribution < -0.4 is 5.22 Å². The Hall–Kier alpha value is -2.77. The molecule has 4 heterocycles. The van der Waals surface area contributed by atoms with Crippen molar-refractivity contribution in [3.8, 4) is 0 Å². The minimum absolute atomic E-state index is 0.146. The normalized spacial score (nSPS) is 14.3. The maximum absolute atomic E-state index is 4.85. The Morgan fingerprint density at radius 3 is 1.94 bits per heavy atom. The molecule has 1 N–H and O–H groups in total. The van der Waals surface area contributed by atoms with Crippen LogP contribution in [0.25, 0.3) is 17.4 Å². The Balaban J connectivity index is 2.09. The molecule has 4 rings (SSSR count). The molecule has 4 aromatic rings. The lowest BCUT2D eigenvalue weighted by atomic mass is 9.88. The van der Waals surface area contributed by atoms with Crippen LogP contribution in [0.15, 0.2) is 0 Å². The maximum atomic E-state index is 4.85. The first-order valence-corrected chi connectivity index (χ1v) is 11.1. The molecule has 4 aromatic heterocycles. The van der Waals surface area contributed by atoms with Gasteiger partial charge in [-0.25, -0.2) is 4.98 Å². The fraction of sp³-hybridized carbons (Fsp3) is 0.609. The van der Waals surface area contributed by atoms with Gasteiger partial charge >= 0.3 is 0 Å². The molecule has 166 valence electrons. The SMILES string of the molecule is CC(C)c1nc2c(=Cc3c(C(C)(C)C)nn4nc(C(C)C)[nH]c34)c(C(C)(C)C)nn2n1. The summed E-state index contributed by atoms with van der Waals surface area (Å²) >= 11 is 0. The zero-order valence-corrected chi connectivity index (χ0v) is 20.4. The third kappa shape index (κ3) is 3.62. The smallest absolute Gasteiger partial charge is 0.185 e. The zero-order valence-electron chi connectivity index (χ0n) is 20.4. The van der Waals surface area contributed by atoms with Crippen LogP contribution in [0.5, 0.6) is 0 Å². The predicted octanol–water partition coefficient (Wildman–Crippen LogP) is 3.88. The van der Waals surface area contributed by atoms with Gasteiger partial charge in [0.1, 0.15) is 5.82 Å². The molecule has 0 unspecified atom stereocenters. The number of fused-ring (bicyclic) bond motifs is 2. The van der Waals surface area contributed by atoms with Crippen LogP contribution in [0.1, 0.15) is 110 Å². The minimum Gasteiger partial charge on any atom is -0.325 e. The Kier molecular flexibility index (Phi) is 4.75. The summed E-state index contributed by atoms with van der Waals surface area (Å²) in [4.78, 5) is 8.33. The van der Waals surface area contributed by atoms with E-state index in [2.05, 4.69) is 90.5 Å². The Morgan fingerprint density at radius 2 is 1.39 bits per heavy atom. The van der Waals surface area contributed by atoms with Gasteiger partial charge in [-0.15, -0.1) is 19.5 Å². The quantitative estimate of drug-likeness (QED) is 0.541. The standard InChI is InChI=1S/C23H34N8/c1-12(2)18-24-20-14(16(22(5,6)7)26-30(20)28-18)11-15-17(23(8,9)10)27-31-21(15)25-19(29-31)13(3)4/h11-13H,1-10H3,(H,24,28).